The Kier molecular flexibility index (Phi) is 5.55. The largest absolute Gasteiger partial charge is 0.457 e. The van der Waals surface area contributed by atoms with Crippen molar-refractivity contribution in [1.29, 1.82) is 0 Å². The van der Waals surface area contributed by atoms with E-state index < -0.39 is 5.92 Å². The van der Waals surface area contributed by atoms with E-state index in [1.54, 1.807) is 24.5 Å². The molecule has 162 valence electrons. The van der Waals surface area contributed by atoms with Crippen LogP contribution in [0, 0.1) is 0 Å². The van der Waals surface area contributed by atoms with Gasteiger partial charge in [-0.15, -0.1) is 0 Å². The zero-order valence-corrected chi connectivity index (χ0v) is 17.7. The number of rotatable bonds is 5. The summed E-state index contributed by atoms with van der Waals surface area (Å²) in [6.45, 7) is 0.333. The SMILES string of the molecule is O=C(Nc1cccc(CNC(=O)C2c3ccccc3Oc3ccccc32)c1)c1ccncc1. The second kappa shape index (κ2) is 8.96. The van der Waals surface area contributed by atoms with Crippen molar-refractivity contribution in [2.75, 3.05) is 5.32 Å². The highest BCUT2D eigenvalue weighted by Gasteiger charge is 2.32. The molecule has 2 N–H and O–H groups in total. The Bertz CT molecular complexity index is 1280. The second-order valence-electron chi connectivity index (χ2n) is 7.72. The molecular weight excluding hydrogens is 414 g/mol. The van der Waals surface area contributed by atoms with Crippen molar-refractivity contribution in [1.82, 2.24) is 10.3 Å². The predicted octanol–water partition coefficient (Wildman–Crippen LogP) is 4.89. The minimum absolute atomic E-state index is 0.107. The Balaban J connectivity index is 1.31. The molecule has 6 nitrogen and oxygen atoms in total. The standard InChI is InChI=1S/C27H21N3O3/c31-26(19-12-14-28-15-13-19)30-20-7-5-6-18(16-20)17-29-27(32)25-21-8-1-3-10-23(21)33-24-11-4-2-9-22(24)25/h1-16,25H,17H2,(H,29,32)(H,30,31). The molecular formula is C27H21N3O3. The summed E-state index contributed by atoms with van der Waals surface area (Å²) in [5.41, 5.74) is 3.74. The number of nitrogens with one attached hydrogen (secondary N) is 2. The van der Waals surface area contributed by atoms with E-state index in [0.717, 1.165) is 16.7 Å². The van der Waals surface area contributed by atoms with E-state index in [9.17, 15) is 9.59 Å². The van der Waals surface area contributed by atoms with E-state index in [4.69, 9.17) is 4.74 Å². The maximum absolute atomic E-state index is 13.3. The van der Waals surface area contributed by atoms with E-state index in [2.05, 4.69) is 15.6 Å². The number of para-hydroxylation sites is 2. The monoisotopic (exact) mass is 435 g/mol. The van der Waals surface area contributed by atoms with Crippen LogP contribution < -0.4 is 15.4 Å². The predicted molar refractivity (Wildman–Crippen MR) is 125 cm³/mol. The van der Waals surface area contributed by atoms with Crippen LogP contribution in [0.25, 0.3) is 0 Å². The zero-order valence-electron chi connectivity index (χ0n) is 17.7. The Hall–Kier alpha value is -4.45. The Morgan fingerprint density at radius 3 is 2.18 bits per heavy atom. The number of ether oxygens (including phenoxy) is 1. The average molecular weight is 435 g/mol. The summed E-state index contributed by atoms with van der Waals surface area (Å²) >= 11 is 0. The van der Waals surface area contributed by atoms with Crippen LogP contribution in [0.2, 0.25) is 0 Å². The molecule has 6 heteroatoms. The summed E-state index contributed by atoms with van der Waals surface area (Å²) in [5, 5.41) is 5.93. The molecule has 1 aliphatic heterocycles. The van der Waals surface area contributed by atoms with Gasteiger partial charge in [0.25, 0.3) is 5.91 Å². The highest BCUT2D eigenvalue weighted by atomic mass is 16.5. The van der Waals surface area contributed by atoms with Crippen molar-refractivity contribution in [2.45, 2.75) is 12.5 Å². The van der Waals surface area contributed by atoms with Crippen molar-refractivity contribution in [3.63, 3.8) is 0 Å². The van der Waals surface area contributed by atoms with Gasteiger partial charge in [0.1, 0.15) is 11.5 Å². The molecule has 0 fully saturated rings. The first-order valence-corrected chi connectivity index (χ1v) is 10.6. The zero-order chi connectivity index (χ0) is 22.6. The number of aromatic nitrogens is 1. The average Bonchev–Trinajstić information content (AvgIpc) is 2.86. The summed E-state index contributed by atoms with van der Waals surface area (Å²) in [4.78, 5) is 29.6. The number of fused-ring (bicyclic) bond motifs is 2. The Morgan fingerprint density at radius 1 is 0.818 bits per heavy atom. The molecule has 0 aliphatic carbocycles. The van der Waals surface area contributed by atoms with Crippen LogP contribution in [0.1, 0.15) is 33.0 Å². The van der Waals surface area contributed by atoms with Crippen LogP contribution in [0.4, 0.5) is 5.69 Å². The van der Waals surface area contributed by atoms with Gasteiger partial charge in [0.15, 0.2) is 0 Å². The van der Waals surface area contributed by atoms with Gasteiger partial charge in [0.05, 0.1) is 5.92 Å². The molecule has 0 saturated heterocycles. The first-order valence-electron chi connectivity index (χ1n) is 10.6. The molecule has 1 aromatic heterocycles. The molecule has 1 aliphatic rings. The van der Waals surface area contributed by atoms with E-state index in [1.165, 1.54) is 0 Å². The molecule has 0 radical (unpaired) electrons. The van der Waals surface area contributed by atoms with E-state index >= 15 is 0 Å². The van der Waals surface area contributed by atoms with Gasteiger partial charge < -0.3 is 15.4 Å². The number of carbonyl (C=O) groups is 2. The smallest absolute Gasteiger partial charge is 0.255 e. The maximum Gasteiger partial charge on any atom is 0.255 e. The number of amides is 2. The van der Waals surface area contributed by atoms with Crippen molar-refractivity contribution in [3.8, 4) is 11.5 Å². The molecule has 0 bridgehead atoms. The van der Waals surface area contributed by atoms with Gasteiger partial charge in [-0.25, -0.2) is 0 Å². The topological polar surface area (TPSA) is 80.3 Å². The summed E-state index contributed by atoms with van der Waals surface area (Å²) in [6.07, 6.45) is 3.15. The fourth-order valence-electron chi connectivity index (χ4n) is 3.95. The number of pyridine rings is 1. The number of nitrogens with zero attached hydrogens (tertiary/aromatic N) is 1. The number of anilines is 1. The summed E-state index contributed by atoms with van der Waals surface area (Å²) < 4.78 is 5.99. The lowest BCUT2D eigenvalue weighted by atomic mass is 9.87. The lowest BCUT2D eigenvalue weighted by Crippen LogP contribution is -2.31. The molecule has 33 heavy (non-hydrogen) atoms. The molecule has 0 spiro atoms. The minimum Gasteiger partial charge on any atom is -0.457 e. The van der Waals surface area contributed by atoms with Crippen LogP contribution in [0.3, 0.4) is 0 Å². The van der Waals surface area contributed by atoms with Gasteiger partial charge in [0.2, 0.25) is 5.91 Å². The van der Waals surface area contributed by atoms with Gasteiger partial charge in [-0.3, -0.25) is 14.6 Å². The number of hydrogen-bond acceptors (Lipinski definition) is 4. The van der Waals surface area contributed by atoms with Crippen molar-refractivity contribution < 1.29 is 14.3 Å². The highest BCUT2D eigenvalue weighted by Crippen LogP contribution is 2.43. The van der Waals surface area contributed by atoms with E-state index in [0.29, 0.717) is 29.3 Å². The number of carbonyl (C=O) groups excluding carboxylic acids is 2. The van der Waals surface area contributed by atoms with Crippen LogP contribution >= 0.6 is 0 Å². The van der Waals surface area contributed by atoms with Crippen LogP contribution in [0.15, 0.2) is 97.3 Å². The van der Waals surface area contributed by atoms with Crippen LogP contribution in [-0.2, 0) is 11.3 Å². The maximum atomic E-state index is 13.3. The summed E-state index contributed by atoms with van der Waals surface area (Å²) in [7, 11) is 0. The lowest BCUT2D eigenvalue weighted by molar-refractivity contribution is -0.122. The molecule has 2 amide bonds. The molecule has 2 heterocycles. The van der Waals surface area contributed by atoms with Gasteiger partial charge in [-0.05, 0) is 42.0 Å². The number of benzene rings is 3. The van der Waals surface area contributed by atoms with Crippen LogP contribution in [0.5, 0.6) is 11.5 Å². The van der Waals surface area contributed by atoms with Crippen molar-refractivity contribution in [2.24, 2.45) is 0 Å². The molecule has 0 atom stereocenters. The Morgan fingerprint density at radius 2 is 1.48 bits per heavy atom. The molecule has 0 unspecified atom stereocenters. The van der Waals surface area contributed by atoms with Gasteiger partial charge in [0, 0.05) is 41.3 Å². The summed E-state index contributed by atoms with van der Waals surface area (Å²) in [5.74, 6) is 0.605. The third kappa shape index (κ3) is 4.32. The third-order valence-corrected chi connectivity index (χ3v) is 5.54. The van der Waals surface area contributed by atoms with Crippen molar-refractivity contribution in [3.05, 3.63) is 120 Å². The molecule has 4 aromatic rings. The normalized spacial score (nSPS) is 12.1. The fourth-order valence-corrected chi connectivity index (χ4v) is 3.95. The number of hydrogen-bond donors (Lipinski definition) is 2. The van der Waals surface area contributed by atoms with E-state index in [1.807, 2.05) is 72.8 Å². The quantitative estimate of drug-likeness (QED) is 0.468. The first kappa shape index (κ1) is 20.5. The van der Waals surface area contributed by atoms with Crippen LogP contribution in [-0.4, -0.2) is 16.8 Å². The Labute approximate surface area is 191 Å². The molecule has 3 aromatic carbocycles. The van der Waals surface area contributed by atoms with Crippen molar-refractivity contribution >= 4 is 17.5 Å². The third-order valence-electron chi connectivity index (χ3n) is 5.54. The molecule has 0 saturated carbocycles. The minimum atomic E-state index is -0.458. The van der Waals surface area contributed by atoms with Gasteiger partial charge >= 0.3 is 0 Å². The highest BCUT2D eigenvalue weighted by molar-refractivity contribution is 6.04. The lowest BCUT2D eigenvalue weighted by Gasteiger charge is -2.27. The first-order chi connectivity index (χ1) is 16.2. The van der Waals surface area contributed by atoms with Gasteiger partial charge in [-0.1, -0.05) is 48.5 Å². The van der Waals surface area contributed by atoms with Gasteiger partial charge in [-0.2, -0.15) is 0 Å². The van der Waals surface area contributed by atoms with E-state index in [-0.39, 0.29) is 11.8 Å². The fraction of sp³-hybridized carbons (Fsp3) is 0.0741. The second-order valence-corrected chi connectivity index (χ2v) is 7.72. The molecule has 5 rings (SSSR count). The summed E-state index contributed by atoms with van der Waals surface area (Å²) in [6, 6.07) is 25.9.